The number of hydrogen-bond acceptors (Lipinski definition) is 12. The zero-order valence-corrected chi connectivity index (χ0v) is 39.2. The molecule has 2 aromatic carbocycles. The van der Waals surface area contributed by atoms with Gasteiger partial charge in [-0.3, -0.25) is 34.9 Å². The maximum absolute atomic E-state index is 15.5. The standard InChI is InChI=1S/C50H60F2N10O6/c1-29-19-33-21-42(53-29)45-30(2)57-62(17-18-66-3)49(45)68-27-32-6-5-31(20-32)25-61-43-24-35(7-9-41(43)54-50(61)56-47(33)64)59-15-16-60(37(26-59)28-67-4)34-11-13-58(14-12-34)36-22-39(51)46(40(52)23-36)38-8-10-44(63)55-48(38)65/h7,9,19,21-24,31-32,34,37-38H,5-6,8,10-18,20,25-28H2,1-4H3,(H,54,56,64)(H,55,63,65)/t31-,32+,37-,38-/m1/s1. The molecule has 2 N–H and O–H groups in total. The third-order valence-corrected chi connectivity index (χ3v) is 14.8. The number of piperidine rings is 2. The highest BCUT2D eigenvalue weighted by atomic mass is 19.1. The molecule has 4 aliphatic heterocycles. The first-order valence-corrected chi connectivity index (χ1v) is 24.0. The summed E-state index contributed by atoms with van der Waals surface area (Å²) in [6.07, 6.45) is 4.78. The molecule has 4 fully saturated rings. The Morgan fingerprint density at radius 2 is 1.62 bits per heavy atom. The van der Waals surface area contributed by atoms with Gasteiger partial charge in [0.2, 0.25) is 23.6 Å². The zero-order chi connectivity index (χ0) is 47.2. The molecule has 5 aromatic rings. The van der Waals surface area contributed by atoms with E-state index in [0.717, 1.165) is 79.7 Å². The van der Waals surface area contributed by atoms with Gasteiger partial charge in [0, 0.05) is 94.1 Å². The van der Waals surface area contributed by atoms with Gasteiger partial charge in [-0.05, 0) is 107 Å². The lowest BCUT2D eigenvalue weighted by Gasteiger charge is -2.48. The largest absolute Gasteiger partial charge is 0.477 e. The zero-order valence-electron chi connectivity index (χ0n) is 39.2. The van der Waals surface area contributed by atoms with Crippen LogP contribution >= 0.6 is 0 Å². The van der Waals surface area contributed by atoms with Gasteiger partial charge in [-0.1, -0.05) is 0 Å². The summed E-state index contributed by atoms with van der Waals surface area (Å²) in [7, 11) is 3.40. The minimum absolute atomic E-state index is 0.0462. The first-order chi connectivity index (χ1) is 32.9. The molecule has 4 atom stereocenters. The molecule has 3 aromatic heterocycles. The van der Waals surface area contributed by atoms with Crippen LogP contribution in [0.25, 0.3) is 22.3 Å². The van der Waals surface area contributed by atoms with Crippen molar-refractivity contribution in [3.63, 3.8) is 0 Å². The number of pyridine rings is 1. The van der Waals surface area contributed by atoms with Crippen LogP contribution in [-0.2, 0) is 32.2 Å². The van der Waals surface area contributed by atoms with Crippen LogP contribution in [0.5, 0.6) is 5.88 Å². The SMILES string of the molecule is COCCn1nc(C)c2c1OC[C@H]1CC[C@H](C1)Cn1c(nc3ccc(N4CCN(C5CCN(c6cc(F)c([C@H]7CCC(=O)NC7=O)c(F)c6)CC5)[C@@H](COC)C4)cc31)NC(=O)c1cc(C)nc-2c1. The van der Waals surface area contributed by atoms with Gasteiger partial charge >= 0.3 is 0 Å². The fraction of sp³-hybridized carbons (Fsp3) is 0.520. The monoisotopic (exact) mass is 934 g/mol. The number of carbonyl (C=O) groups excluding carboxylic acids is 3. The Morgan fingerprint density at radius 3 is 2.38 bits per heavy atom. The summed E-state index contributed by atoms with van der Waals surface area (Å²) in [6, 6.07) is 13.0. The van der Waals surface area contributed by atoms with Gasteiger partial charge in [0.1, 0.15) is 11.6 Å². The summed E-state index contributed by atoms with van der Waals surface area (Å²) in [6.45, 7) is 10.2. The van der Waals surface area contributed by atoms with Gasteiger partial charge in [-0.25, -0.2) is 18.4 Å². The molecule has 0 unspecified atom stereocenters. The number of ether oxygens (including phenoxy) is 3. The second kappa shape index (κ2) is 19.2. The summed E-state index contributed by atoms with van der Waals surface area (Å²) in [5.41, 5.74) is 6.37. The molecular formula is C50H60F2N10O6. The maximum Gasteiger partial charge on any atom is 0.258 e. The molecule has 4 bridgehead atoms. The van der Waals surface area contributed by atoms with Gasteiger partial charge in [0.25, 0.3) is 5.91 Å². The molecule has 3 amide bonds. The summed E-state index contributed by atoms with van der Waals surface area (Å²) in [5, 5.41) is 10.2. The summed E-state index contributed by atoms with van der Waals surface area (Å²) >= 11 is 0. The van der Waals surface area contributed by atoms with Crippen LogP contribution in [0.15, 0.2) is 42.5 Å². The number of anilines is 3. The van der Waals surface area contributed by atoms with Crippen LogP contribution in [0, 0.1) is 37.3 Å². The molecule has 1 saturated carbocycles. The van der Waals surface area contributed by atoms with Crippen LogP contribution < -0.4 is 25.2 Å². The van der Waals surface area contributed by atoms with E-state index in [1.807, 2.05) is 29.5 Å². The smallest absolute Gasteiger partial charge is 0.258 e. The number of methoxy groups -OCH3 is 2. The van der Waals surface area contributed by atoms with E-state index >= 15 is 8.78 Å². The van der Waals surface area contributed by atoms with Crippen molar-refractivity contribution in [3.8, 4) is 17.1 Å². The molecule has 16 nitrogen and oxygen atoms in total. The molecule has 3 saturated heterocycles. The van der Waals surface area contributed by atoms with Crippen molar-refractivity contribution in [2.45, 2.75) is 89.9 Å². The van der Waals surface area contributed by atoms with E-state index < -0.39 is 29.4 Å². The van der Waals surface area contributed by atoms with E-state index in [1.54, 1.807) is 20.3 Å². The normalized spacial score (nSPS) is 22.9. The Morgan fingerprint density at radius 1 is 0.824 bits per heavy atom. The lowest BCUT2D eigenvalue weighted by Crippen LogP contribution is -2.60. The van der Waals surface area contributed by atoms with Gasteiger partial charge in [0.15, 0.2) is 0 Å². The van der Waals surface area contributed by atoms with Crippen molar-refractivity contribution in [1.29, 1.82) is 0 Å². The average molecular weight is 935 g/mol. The highest BCUT2D eigenvalue weighted by Gasteiger charge is 2.37. The predicted octanol–water partition coefficient (Wildman–Crippen LogP) is 6.22. The van der Waals surface area contributed by atoms with Gasteiger partial charge in [0.05, 0.1) is 66.3 Å². The van der Waals surface area contributed by atoms with Crippen molar-refractivity contribution < 1.29 is 37.4 Å². The van der Waals surface area contributed by atoms with Gasteiger partial charge < -0.3 is 28.6 Å². The quantitative estimate of drug-likeness (QED) is 0.161. The number of rotatable bonds is 9. The molecule has 10 rings (SSSR count). The molecule has 0 spiro atoms. The van der Waals surface area contributed by atoms with Crippen LogP contribution in [0.2, 0.25) is 0 Å². The Labute approximate surface area is 394 Å². The van der Waals surface area contributed by atoms with Gasteiger partial charge in [-0.2, -0.15) is 5.10 Å². The summed E-state index contributed by atoms with van der Waals surface area (Å²) in [5.74, 6) is -2.06. The van der Waals surface area contributed by atoms with Gasteiger partial charge in [-0.15, -0.1) is 0 Å². The number of piperazine rings is 1. The number of halogens is 2. The molecule has 0 radical (unpaired) electrons. The minimum atomic E-state index is -1.03. The fourth-order valence-electron chi connectivity index (χ4n) is 11.4. The summed E-state index contributed by atoms with van der Waals surface area (Å²) in [4.78, 5) is 55.2. The molecule has 68 heavy (non-hydrogen) atoms. The number of hydrogen-bond donors (Lipinski definition) is 2. The number of fused-ring (bicyclic) bond motifs is 9. The fourth-order valence-corrected chi connectivity index (χ4v) is 11.4. The highest BCUT2D eigenvalue weighted by Crippen LogP contribution is 2.39. The second-order valence-corrected chi connectivity index (χ2v) is 19.2. The first kappa shape index (κ1) is 45.8. The molecular weight excluding hydrogens is 875 g/mol. The van der Waals surface area contributed by atoms with E-state index in [9.17, 15) is 14.4 Å². The third-order valence-electron chi connectivity index (χ3n) is 14.8. The Bertz CT molecular complexity index is 2710. The number of amides is 3. The second-order valence-electron chi connectivity index (χ2n) is 19.2. The number of nitrogens with zero attached hydrogens (tertiary/aromatic N) is 8. The molecule has 18 heteroatoms. The van der Waals surface area contributed by atoms with E-state index in [-0.39, 0.29) is 36.4 Å². The first-order valence-electron chi connectivity index (χ1n) is 24.0. The minimum Gasteiger partial charge on any atom is -0.477 e. The maximum atomic E-state index is 15.5. The van der Waals surface area contributed by atoms with Crippen LogP contribution in [0.4, 0.5) is 26.1 Å². The predicted molar refractivity (Wildman–Crippen MR) is 252 cm³/mol. The number of carbonyl (C=O) groups is 3. The Hall–Kier alpha value is -5.98. The van der Waals surface area contributed by atoms with Crippen molar-refractivity contribution in [2.24, 2.45) is 11.8 Å². The van der Waals surface area contributed by atoms with Crippen molar-refractivity contribution in [1.82, 2.24) is 34.5 Å². The number of benzene rings is 2. The van der Waals surface area contributed by atoms with E-state index in [1.165, 1.54) is 12.1 Å². The van der Waals surface area contributed by atoms with Crippen molar-refractivity contribution >= 4 is 46.1 Å². The van der Waals surface area contributed by atoms with E-state index in [0.29, 0.717) is 92.3 Å². The number of imide groups is 1. The van der Waals surface area contributed by atoms with Crippen LogP contribution in [0.1, 0.15) is 78.2 Å². The molecule has 360 valence electrons. The average Bonchev–Trinajstić information content (AvgIpc) is 4.01. The number of aryl methyl sites for hydroxylation is 2. The third kappa shape index (κ3) is 9.05. The highest BCUT2D eigenvalue weighted by molar-refractivity contribution is 6.05. The van der Waals surface area contributed by atoms with Crippen molar-refractivity contribution in [3.05, 3.63) is 76.6 Å². The Balaban J connectivity index is 0.865. The number of aromatic nitrogens is 5. The topological polar surface area (TPSA) is 161 Å². The molecule has 1 aliphatic carbocycles. The lowest BCUT2D eigenvalue weighted by atomic mass is 9.89. The Kier molecular flexibility index (Phi) is 12.9. The summed E-state index contributed by atoms with van der Waals surface area (Å²) < 4.78 is 52.9. The van der Waals surface area contributed by atoms with Crippen LogP contribution in [0.3, 0.4) is 0 Å². The molecule has 5 aliphatic rings. The van der Waals surface area contributed by atoms with Crippen molar-refractivity contribution in [2.75, 3.05) is 81.9 Å². The number of nitrogens with one attached hydrogen (secondary N) is 2. The van der Waals surface area contributed by atoms with E-state index in [2.05, 4.69) is 43.2 Å². The number of imidazole rings is 1. The lowest BCUT2D eigenvalue weighted by molar-refractivity contribution is -0.134. The van der Waals surface area contributed by atoms with Crippen LogP contribution in [-0.4, -0.2) is 126 Å². The molecule has 7 heterocycles. The van der Waals surface area contributed by atoms with E-state index in [4.69, 9.17) is 29.3 Å².